The summed E-state index contributed by atoms with van der Waals surface area (Å²) in [4.78, 5) is 40.3. The molecule has 1 aromatic rings. The number of rotatable bonds is 11. The minimum atomic E-state index is -0.670. The van der Waals surface area contributed by atoms with E-state index in [1.807, 2.05) is 13.8 Å². The summed E-state index contributed by atoms with van der Waals surface area (Å²) in [5.74, 6) is -0.389. The number of H-pyrrole nitrogens is 1. The predicted molar refractivity (Wildman–Crippen MR) is 96.0 cm³/mol. The maximum Gasteiger partial charge on any atom is 0.330 e. The van der Waals surface area contributed by atoms with Crippen molar-refractivity contribution in [1.82, 2.24) is 9.55 Å². The van der Waals surface area contributed by atoms with E-state index in [1.54, 1.807) is 0 Å². The molecule has 0 unspecified atom stereocenters. The summed E-state index contributed by atoms with van der Waals surface area (Å²) in [5.41, 5.74) is 4.80. The van der Waals surface area contributed by atoms with Gasteiger partial charge in [0.2, 0.25) is 0 Å². The van der Waals surface area contributed by atoms with E-state index in [9.17, 15) is 14.4 Å². The van der Waals surface area contributed by atoms with Crippen LogP contribution in [0.5, 0.6) is 0 Å². The molecule has 25 heavy (non-hydrogen) atoms. The Morgan fingerprint density at radius 2 is 1.96 bits per heavy atom. The first-order chi connectivity index (χ1) is 12.0. The summed E-state index contributed by atoms with van der Waals surface area (Å²) in [5, 5.41) is 0. The van der Waals surface area contributed by atoms with Crippen molar-refractivity contribution in [3.63, 3.8) is 0 Å². The second-order valence-corrected chi connectivity index (χ2v) is 5.59. The van der Waals surface area contributed by atoms with E-state index in [0.29, 0.717) is 32.5 Å². The van der Waals surface area contributed by atoms with Crippen molar-refractivity contribution in [2.75, 3.05) is 44.1 Å². The lowest BCUT2D eigenvalue weighted by Gasteiger charge is -2.24. The highest BCUT2D eigenvalue weighted by Gasteiger charge is 2.23. The standard InChI is InChI=1S/C16H28N4O5/c1-4-6-8-19(12(21)11-25-10-9-24-3)13-14(17)20(7-5-2)16(23)18-15(13)22/h4-11,17H2,1-3H3,(H,18,22,23). The first-order valence-corrected chi connectivity index (χ1v) is 8.47. The van der Waals surface area contributed by atoms with Crippen LogP contribution in [-0.2, 0) is 20.8 Å². The van der Waals surface area contributed by atoms with E-state index in [4.69, 9.17) is 15.2 Å². The van der Waals surface area contributed by atoms with Gasteiger partial charge in [-0.3, -0.25) is 19.1 Å². The average Bonchev–Trinajstić information content (AvgIpc) is 2.58. The Balaban J connectivity index is 3.17. The zero-order valence-corrected chi connectivity index (χ0v) is 15.2. The highest BCUT2D eigenvalue weighted by atomic mass is 16.5. The quantitative estimate of drug-likeness (QED) is 0.551. The largest absolute Gasteiger partial charge is 0.383 e. The van der Waals surface area contributed by atoms with Crippen LogP contribution in [0.3, 0.4) is 0 Å². The first kappa shape index (κ1) is 20.9. The van der Waals surface area contributed by atoms with Gasteiger partial charge in [0.1, 0.15) is 12.4 Å². The van der Waals surface area contributed by atoms with Gasteiger partial charge >= 0.3 is 5.69 Å². The molecule has 0 radical (unpaired) electrons. The minimum Gasteiger partial charge on any atom is -0.383 e. The molecular formula is C16H28N4O5. The fraction of sp³-hybridized carbons (Fsp3) is 0.688. The third kappa shape index (κ3) is 5.71. The van der Waals surface area contributed by atoms with E-state index in [1.165, 1.54) is 16.6 Å². The first-order valence-electron chi connectivity index (χ1n) is 8.47. The average molecular weight is 356 g/mol. The predicted octanol–water partition coefficient (Wildman–Crippen LogP) is 0.325. The summed E-state index contributed by atoms with van der Waals surface area (Å²) >= 11 is 0. The van der Waals surface area contributed by atoms with Gasteiger partial charge in [-0.05, 0) is 12.8 Å². The summed E-state index contributed by atoms with van der Waals surface area (Å²) in [6, 6.07) is 0. The van der Waals surface area contributed by atoms with Crippen molar-refractivity contribution >= 4 is 17.4 Å². The van der Waals surface area contributed by atoms with Crippen LogP contribution in [-0.4, -0.2) is 48.9 Å². The molecule has 0 aromatic carbocycles. The molecule has 0 bridgehead atoms. The van der Waals surface area contributed by atoms with Crippen LogP contribution < -0.4 is 21.9 Å². The number of amides is 1. The van der Waals surface area contributed by atoms with Gasteiger partial charge in [0.05, 0.1) is 13.2 Å². The number of carbonyl (C=O) groups is 1. The van der Waals surface area contributed by atoms with Crippen LogP contribution in [0.1, 0.15) is 33.1 Å². The number of methoxy groups -OCH3 is 1. The van der Waals surface area contributed by atoms with Crippen molar-refractivity contribution in [2.24, 2.45) is 0 Å². The van der Waals surface area contributed by atoms with Crippen molar-refractivity contribution in [2.45, 2.75) is 39.7 Å². The van der Waals surface area contributed by atoms with Gasteiger partial charge in [-0.1, -0.05) is 20.3 Å². The Bertz CT molecular complexity index is 667. The zero-order valence-electron chi connectivity index (χ0n) is 15.2. The van der Waals surface area contributed by atoms with E-state index in [0.717, 1.165) is 6.42 Å². The van der Waals surface area contributed by atoms with E-state index < -0.39 is 11.2 Å². The highest BCUT2D eigenvalue weighted by molar-refractivity contribution is 5.96. The normalized spacial score (nSPS) is 10.8. The maximum absolute atomic E-state index is 12.5. The molecule has 0 saturated carbocycles. The van der Waals surface area contributed by atoms with Crippen LogP contribution in [0.15, 0.2) is 9.59 Å². The second kappa shape index (κ2) is 10.7. The number of ether oxygens (including phenoxy) is 2. The molecule has 0 saturated heterocycles. The molecule has 0 fully saturated rings. The fourth-order valence-electron chi connectivity index (χ4n) is 2.34. The SMILES string of the molecule is CCCCN(C(=O)COCCOC)c1c(N)n(CCC)c(=O)[nH]c1=O. The second-order valence-electron chi connectivity index (χ2n) is 5.59. The Hall–Kier alpha value is -2.13. The van der Waals surface area contributed by atoms with Crippen LogP contribution in [0.25, 0.3) is 0 Å². The molecule has 1 aromatic heterocycles. The zero-order chi connectivity index (χ0) is 18.8. The van der Waals surface area contributed by atoms with Crippen LogP contribution in [0, 0.1) is 0 Å². The molecular weight excluding hydrogens is 328 g/mol. The van der Waals surface area contributed by atoms with Crippen LogP contribution >= 0.6 is 0 Å². The topological polar surface area (TPSA) is 120 Å². The molecule has 3 N–H and O–H groups in total. The molecule has 0 aliphatic heterocycles. The number of hydrogen-bond acceptors (Lipinski definition) is 6. The summed E-state index contributed by atoms with van der Waals surface area (Å²) in [6.45, 7) is 4.98. The van der Waals surface area contributed by atoms with Gasteiger partial charge in [0.25, 0.3) is 11.5 Å². The molecule has 0 atom stereocenters. The van der Waals surface area contributed by atoms with Crippen LogP contribution in [0.2, 0.25) is 0 Å². The van der Waals surface area contributed by atoms with Crippen molar-refractivity contribution in [1.29, 1.82) is 0 Å². The molecule has 1 amide bonds. The molecule has 1 rings (SSSR count). The number of nitrogens with two attached hydrogens (primary N) is 1. The Kier molecular flexibility index (Phi) is 8.93. The molecule has 0 spiro atoms. The third-order valence-corrected chi connectivity index (χ3v) is 3.62. The molecule has 9 nitrogen and oxygen atoms in total. The van der Waals surface area contributed by atoms with Gasteiger partial charge < -0.3 is 20.1 Å². The number of carbonyl (C=O) groups excluding carboxylic acids is 1. The van der Waals surface area contributed by atoms with Crippen LogP contribution in [0.4, 0.5) is 11.5 Å². The highest BCUT2D eigenvalue weighted by Crippen LogP contribution is 2.18. The molecule has 0 aliphatic carbocycles. The van der Waals surface area contributed by atoms with Gasteiger partial charge in [-0.15, -0.1) is 0 Å². The van der Waals surface area contributed by atoms with Gasteiger partial charge in [-0.25, -0.2) is 4.79 Å². The number of aromatic nitrogens is 2. The monoisotopic (exact) mass is 356 g/mol. The number of nitrogens with zero attached hydrogens (tertiary/aromatic N) is 2. The van der Waals surface area contributed by atoms with Crippen molar-refractivity contribution < 1.29 is 14.3 Å². The Morgan fingerprint density at radius 3 is 2.56 bits per heavy atom. The van der Waals surface area contributed by atoms with Crippen molar-refractivity contribution in [3.8, 4) is 0 Å². The summed E-state index contributed by atoms with van der Waals surface area (Å²) in [6.07, 6.45) is 2.19. The lowest BCUT2D eigenvalue weighted by molar-refractivity contribution is -0.123. The van der Waals surface area contributed by atoms with Gasteiger partial charge in [-0.2, -0.15) is 0 Å². The number of anilines is 2. The Morgan fingerprint density at radius 1 is 1.24 bits per heavy atom. The number of nitrogen functional groups attached to an aromatic ring is 1. The number of hydrogen-bond donors (Lipinski definition) is 2. The lowest BCUT2D eigenvalue weighted by atomic mass is 10.2. The molecule has 0 aliphatic rings. The maximum atomic E-state index is 12.5. The number of aromatic amines is 1. The van der Waals surface area contributed by atoms with Gasteiger partial charge in [0, 0.05) is 20.2 Å². The molecule has 142 valence electrons. The van der Waals surface area contributed by atoms with Crippen molar-refractivity contribution in [3.05, 3.63) is 20.8 Å². The van der Waals surface area contributed by atoms with E-state index in [2.05, 4.69) is 4.98 Å². The third-order valence-electron chi connectivity index (χ3n) is 3.62. The molecule has 9 heteroatoms. The smallest absolute Gasteiger partial charge is 0.330 e. The fourth-order valence-corrected chi connectivity index (χ4v) is 2.34. The van der Waals surface area contributed by atoms with E-state index >= 15 is 0 Å². The summed E-state index contributed by atoms with van der Waals surface area (Å²) in [7, 11) is 1.54. The lowest BCUT2D eigenvalue weighted by Crippen LogP contribution is -2.43. The Labute approximate surface area is 146 Å². The number of unbranched alkanes of at least 4 members (excludes halogenated alkanes) is 1. The molecule has 1 heterocycles. The summed E-state index contributed by atoms with van der Waals surface area (Å²) < 4.78 is 11.4. The van der Waals surface area contributed by atoms with Gasteiger partial charge in [0.15, 0.2) is 5.69 Å². The van der Waals surface area contributed by atoms with E-state index in [-0.39, 0.29) is 30.6 Å². The number of nitrogens with one attached hydrogen (secondary N) is 1. The minimum absolute atomic E-state index is 0.00171.